The van der Waals surface area contributed by atoms with Crippen molar-refractivity contribution in [3.63, 3.8) is 0 Å². The average Bonchev–Trinajstić information content (AvgIpc) is 2.41. The van der Waals surface area contributed by atoms with E-state index in [4.69, 9.17) is 5.11 Å². The lowest BCUT2D eigenvalue weighted by Crippen LogP contribution is -2.43. The first kappa shape index (κ1) is 14.7. The van der Waals surface area contributed by atoms with Crippen molar-refractivity contribution in [3.8, 4) is 0 Å². The number of hydrogen-bond donors (Lipinski definition) is 2. The smallest absolute Gasteiger partial charge is 0.404 e. The molecule has 20 heavy (non-hydrogen) atoms. The Kier molecular flexibility index (Phi) is 4.84. The van der Waals surface area contributed by atoms with Gasteiger partial charge in [0, 0.05) is 45.5 Å². The minimum Gasteiger partial charge on any atom is -0.465 e. The molecule has 0 aliphatic carbocycles. The third-order valence-corrected chi connectivity index (χ3v) is 3.78. The van der Waals surface area contributed by atoms with Crippen LogP contribution >= 0.6 is 0 Å². The summed E-state index contributed by atoms with van der Waals surface area (Å²) < 4.78 is 0. The summed E-state index contributed by atoms with van der Waals surface area (Å²) in [5.74, 6) is 0. The van der Waals surface area contributed by atoms with Gasteiger partial charge in [0.2, 0.25) is 0 Å². The number of nitrogens with one attached hydrogen (secondary N) is 1. The van der Waals surface area contributed by atoms with E-state index in [1.54, 1.807) is 0 Å². The Labute approximate surface area is 120 Å². The van der Waals surface area contributed by atoms with E-state index in [1.807, 2.05) is 0 Å². The monoisotopic (exact) mass is 277 g/mol. The zero-order valence-corrected chi connectivity index (χ0v) is 12.2. The molecule has 2 rings (SSSR count). The molecule has 0 radical (unpaired) electrons. The molecule has 110 valence electrons. The fourth-order valence-corrected chi connectivity index (χ4v) is 2.73. The topological polar surface area (TPSA) is 55.8 Å². The van der Waals surface area contributed by atoms with Gasteiger partial charge in [-0.3, -0.25) is 4.90 Å². The zero-order chi connectivity index (χ0) is 14.5. The van der Waals surface area contributed by atoms with E-state index in [1.165, 1.54) is 11.3 Å². The summed E-state index contributed by atoms with van der Waals surface area (Å²) in [5.41, 5.74) is 2.57. The molecule has 0 unspecified atom stereocenters. The predicted octanol–water partition coefficient (Wildman–Crippen LogP) is 1.98. The van der Waals surface area contributed by atoms with Crippen LogP contribution in [0.1, 0.15) is 18.4 Å². The summed E-state index contributed by atoms with van der Waals surface area (Å²) in [6.45, 7) is 2.80. The predicted molar refractivity (Wildman–Crippen MR) is 80.2 cm³/mol. The normalized spacial score (nSPS) is 16.9. The molecule has 5 nitrogen and oxygen atoms in total. The van der Waals surface area contributed by atoms with Gasteiger partial charge in [-0.2, -0.15) is 0 Å². The fraction of sp³-hybridized carbons (Fsp3) is 0.533. The Morgan fingerprint density at radius 2 is 2.00 bits per heavy atom. The third kappa shape index (κ3) is 3.87. The van der Waals surface area contributed by atoms with E-state index < -0.39 is 6.09 Å². The van der Waals surface area contributed by atoms with Crippen molar-refractivity contribution in [2.75, 3.05) is 32.1 Å². The molecule has 0 atom stereocenters. The lowest BCUT2D eigenvalue weighted by Gasteiger charge is -2.32. The van der Waals surface area contributed by atoms with Crippen LogP contribution in [0, 0.1) is 0 Å². The van der Waals surface area contributed by atoms with Crippen molar-refractivity contribution >= 4 is 11.8 Å². The molecule has 1 aromatic carbocycles. The maximum atomic E-state index is 10.6. The lowest BCUT2D eigenvalue weighted by atomic mass is 10.0. The number of amides is 1. The zero-order valence-electron chi connectivity index (χ0n) is 12.2. The SMILES string of the molecule is CN(C)c1ccccc1CN1CCC(NC(=O)O)CC1. The van der Waals surface area contributed by atoms with E-state index in [2.05, 4.69) is 53.5 Å². The van der Waals surface area contributed by atoms with E-state index in [-0.39, 0.29) is 6.04 Å². The van der Waals surface area contributed by atoms with E-state index in [0.29, 0.717) is 0 Å². The van der Waals surface area contributed by atoms with Gasteiger partial charge in [-0.25, -0.2) is 4.79 Å². The van der Waals surface area contributed by atoms with Crippen LogP contribution in [0.5, 0.6) is 0 Å². The van der Waals surface area contributed by atoms with Gasteiger partial charge in [0.1, 0.15) is 0 Å². The number of carboxylic acid groups (broad SMARTS) is 1. The summed E-state index contributed by atoms with van der Waals surface area (Å²) >= 11 is 0. The van der Waals surface area contributed by atoms with Crippen molar-refractivity contribution < 1.29 is 9.90 Å². The number of carbonyl (C=O) groups is 1. The highest BCUT2D eigenvalue weighted by Gasteiger charge is 2.21. The maximum absolute atomic E-state index is 10.6. The van der Waals surface area contributed by atoms with Gasteiger partial charge in [0.05, 0.1) is 0 Å². The Balaban J connectivity index is 1.91. The molecule has 1 aliphatic rings. The second-order valence-corrected chi connectivity index (χ2v) is 5.52. The minimum absolute atomic E-state index is 0.104. The van der Waals surface area contributed by atoms with Crippen molar-refractivity contribution in [2.24, 2.45) is 0 Å². The van der Waals surface area contributed by atoms with Gasteiger partial charge in [0.25, 0.3) is 0 Å². The van der Waals surface area contributed by atoms with Crippen molar-refractivity contribution in [3.05, 3.63) is 29.8 Å². The van der Waals surface area contributed by atoms with Gasteiger partial charge < -0.3 is 15.3 Å². The molecule has 0 aromatic heterocycles. The summed E-state index contributed by atoms with van der Waals surface area (Å²) in [4.78, 5) is 15.2. The number of likely N-dealkylation sites (tertiary alicyclic amines) is 1. The number of benzene rings is 1. The number of anilines is 1. The summed E-state index contributed by atoms with van der Waals surface area (Å²) in [5, 5.41) is 11.3. The average molecular weight is 277 g/mol. The summed E-state index contributed by atoms with van der Waals surface area (Å²) in [6.07, 6.45) is 0.855. The van der Waals surface area contributed by atoms with Crippen molar-refractivity contribution in [2.45, 2.75) is 25.4 Å². The summed E-state index contributed by atoms with van der Waals surface area (Å²) in [6, 6.07) is 8.53. The van der Waals surface area contributed by atoms with Crippen molar-refractivity contribution in [1.29, 1.82) is 0 Å². The Morgan fingerprint density at radius 3 is 2.60 bits per heavy atom. The molecule has 1 aliphatic heterocycles. The molecule has 1 saturated heterocycles. The lowest BCUT2D eigenvalue weighted by molar-refractivity contribution is 0.165. The first-order valence-corrected chi connectivity index (χ1v) is 7.03. The Hall–Kier alpha value is -1.75. The van der Waals surface area contributed by atoms with E-state index in [9.17, 15) is 4.79 Å². The second-order valence-electron chi connectivity index (χ2n) is 5.52. The molecule has 1 heterocycles. The number of nitrogens with zero attached hydrogens (tertiary/aromatic N) is 2. The molecular formula is C15H23N3O2. The van der Waals surface area contributed by atoms with Crippen LogP contribution in [0.4, 0.5) is 10.5 Å². The molecule has 0 bridgehead atoms. The molecule has 1 amide bonds. The molecule has 2 N–H and O–H groups in total. The van der Waals surface area contributed by atoms with Crippen LogP contribution < -0.4 is 10.2 Å². The number of para-hydroxylation sites is 1. The molecule has 5 heteroatoms. The Bertz CT molecular complexity index is 454. The van der Waals surface area contributed by atoms with Crippen LogP contribution in [0.25, 0.3) is 0 Å². The van der Waals surface area contributed by atoms with Crippen LogP contribution in [-0.2, 0) is 6.54 Å². The first-order chi connectivity index (χ1) is 9.56. The number of piperidine rings is 1. The molecule has 1 fully saturated rings. The number of rotatable bonds is 4. The number of hydrogen-bond acceptors (Lipinski definition) is 3. The molecule has 0 saturated carbocycles. The highest BCUT2D eigenvalue weighted by atomic mass is 16.4. The second kappa shape index (κ2) is 6.61. The van der Waals surface area contributed by atoms with Gasteiger partial charge >= 0.3 is 6.09 Å². The summed E-state index contributed by atoms with van der Waals surface area (Å²) in [7, 11) is 4.11. The standard InChI is InChI=1S/C15H23N3O2/c1-17(2)14-6-4-3-5-12(14)11-18-9-7-13(8-10-18)16-15(19)20/h3-6,13,16H,7-11H2,1-2H3,(H,19,20). The highest BCUT2D eigenvalue weighted by Crippen LogP contribution is 2.21. The van der Waals surface area contributed by atoms with Crippen LogP contribution in [0.2, 0.25) is 0 Å². The first-order valence-electron chi connectivity index (χ1n) is 7.03. The van der Waals surface area contributed by atoms with E-state index in [0.717, 1.165) is 32.5 Å². The van der Waals surface area contributed by atoms with Crippen molar-refractivity contribution in [1.82, 2.24) is 10.2 Å². The van der Waals surface area contributed by atoms with Crippen LogP contribution in [0.3, 0.4) is 0 Å². The third-order valence-electron chi connectivity index (χ3n) is 3.78. The van der Waals surface area contributed by atoms with Gasteiger partial charge in [-0.15, -0.1) is 0 Å². The largest absolute Gasteiger partial charge is 0.465 e. The fourth-order valence-electron chi connectivity index (χ4n) is 2.73. The quantitative estimate of drug-likeness (QED) is 0.883. The van der Waals surface area contributed by atoms with Crippen LogP contribution in [0.15, 0.2) is 24.3 Å². The highest BCUT2D eigenvalue weighted by molar-refractivity contribution is 5.64. The van der Waals surface area contributed by atoms with Gasteiger partial charge in [0.15, 0.2) is 0 Å². The molecule has 0 spiro atoms. The minimum atomic E-state index is -0.915. The van der Waals surface area contributed by atoms with Crippen LogP contribution in [-0.4, -0.2) is 49.3 Å². The Morgan fingerprint density at radius 1 is 1.35 bits per heavy atom. The molecule has 1 aromatic rings. The van der Waals surface area contributed by atoms with E-state index >= 15 is 0 Å². The maximum Gasteiger partial charge on any atom is 0.404 e. The molecular weight excluding hydrogens is 254 g/mol. The van der Waals surface area contributed by atoms with Gasteiger partial charge in [-0.1, -0.05) is 18.2 Å². The van der Waals surface area contributed by atoms with Gasteiger partial charge in [-0.05, 0) is 24.5 Å².